The van der Waals surface area contributed by atoms with Crippen LogP contribution in [0.25, 0.3) is 0 Å². The van der Waals surface area contributed by atoms with E-state index in [-0.39, 0.29) is 5.92 Å². The first-order valence-electron chi connectivity index (χ1n) is 7.24. The number of carbonyl (C=O) groups excluding carboxylic acids is 1. The molecule has 0 aliphatic carbocycles. The molecule has 0 radical (unpaired) electrons. The average Bonchev–Trinajstić information content (AvgIpc) is 2.31. The molecule has 2 heteroatoms. The van der Waals surface area contributed by atoms with Gasteiger partial charge in [-0.05, 0) is 19.4 Å². The predicted octanol–water partition coefficient (Wildman–Crippen LogP) is 4.00. The summed E-state index contributed by atoms with van der Waals surface area (Å²) in [6.07, 6.45) is 5.81. The van der Waals surface area contributed by atoms with E-state index >= 15 is 0 Å². The van der Waals surface area contributed by atoms with Crippen LogP contribution in [0.2, 0.25) is 0 Å². The molecule has 0 aromatic heterocycles. The van der Waals surface area contributed by atoms with Crippen LogP contribution in [0.5, 0.6) is 0 Å². The second-order valence-electron chi connectivity index (χ2n) is 4.94. The SMILES string of the molecule is CC.CC1CN(C)C1.CCCCCC(C)C=O. The second kappa shape index (κ2) is 13.7. The first-order valence-corrected chi connectivity index (χ1v) is 7.24. The molecular weight excluding hydrogens is 210 g/mol. The highest BCUT2D eigenvalue weighted by molar-refractivity contribution is 5.52. The molecule has 0 N–H and O–H groups in total. The molecule has 1 rings (SSSR count). The third-order valence-corrected chi connectivity index (χ3v) is 2.74. The maximum Gasteiger partial charge on any atom is 0.122 e. The zero-order chi connectivity index (χ0) is 13.7. The van der Waals surface area contributed by atoms with Gasteiger partial charge in [0.05, 0.1) is 0 Å². The Bertz CT molecular complexity index is 147. The minimum absolute atomic E-state index is 0.275. The quantitative estimate of drug-likeness (QED) is 0.537. The number of likely N-dealkylation sites (tertiary alicyclic amines) is 1. The van der Waals surface area contributed by atoms with Crippen molar-refractivity contribution in [2.75, 3.05) is 20.1 Å². The number of hydrogen-bond donors (Lipinski definition) is 0. The van der Waals surface area contributed by atoms with E-state index < -0.39 is 0 Å². The maximum absolute atomic E-state index is 10.1. The molecule has 0 amide bonds. The van der Waals surface area contributed by atoms with Crippen LogP contribution in [0.3, 0.4) is 0 Å². The average molecular weight is 243 g/mol. The van der Waals surface area contributed by atoms with Crippen LogP contribution >= 0.6 is 0 Å². The van der Waals surface area contributed by atoms with Gasteiger partial charge in [0, 0.05) is 19.0 Å². The van der Waals surface area contributed by atoms with Crippen LogP contribution in [0, 0.1) is 11.8 Å². The Balaban J connectivity index is 0. The van der Waals surface area contributed by atoms with Crippen molar-refractivity contribution < 1.29 is 4.79 Å². The lowest BCUT2D eigenvalue weighted by molar-refractivity contribution is -0.110. The molecule has 1 unspecified atom stereocenters. The van der Waals surface area contributed by atoms with Gasteiger partial charge in [0.1, 0.15) is 6.29 Å². The van der Waals surface area contributed by atoms with Gasteiger partial charge < -0.3 is 9.69 Å². The molecule has 104 valence electrons. The standard InChI is InChI=1S/C8H16O.C5H11N.C2H6/c1-3-4-5-6-8(2)7-9;1-5-3-6(2)4-5;1-2/h7-8H,3-6H2,1-2H3;5H,3-4H2,1-2H3;1-2H3. The summed E-state index contributed by atoms with van der Waals surface area (Å²) in [5.41, 5.74) is 0. The molecule has 0 saturated carbocycles. The van der Waals surface area contributed by atoms with E-state index in [9.17, 15) is 4.79 Å². The van der Waals surface area contributed by atoms with E-state index in [0.717, 1.165) is 18.6 Å². The first-order chi connectivity index (χ1) is 8.10. The molecule has 17 heavy (non-hydrogen) atoms. The maximum atomic E-state index is 10.1. The van der Waals surface area contributed by atoms with Crippen LogP contribution in [0.4, 0.5) is 0 Å². The molecule has 1 aliphatic rings. The van der Waals surface area contributed by atoms with Crippen molar-refractivity contribution in [2.24, 2.45) is 11.8 Å². The summed E-state index contributed by atoms with van der Waals surface area (Å²) in [7, 11) is 2.15. The molecule has 0 aromatic rings. The van der Waals surface area contributed by atoms with Gasteiger partial charge in [-0.2, -0.15) is 0 Å². The fourth-order valence-corrected chi connectivity index (χ4v) is 1.79. The number of hydrogen-bond acceptors (Lipinski definition) is 2. The largest absolute Gasteiger partial charge is 0.306 e. The molecule has 1 saturated heterocycles. The van der Waals surface area contributed by atoms with E-state index in [1.165, 1.54) is 32.4 Å². The first kappa shape index (κ1) is 19.0. The summed E-state index contributed by atoms with van der Waals surface area (Å²) < 4.78 is 0. The zero-order valence-electron chi connectivity index (χ0n) is 12.8. The molecule has 0 aromatic carbocycles. The Morgan fingerprint density at radius 1 is 1.29 bits per heavy atom. The van der Waals surface area contributed by atoms with Crippen molar-refractivity contribution in [3.63, 3.8) is 0 Å². The fourth-order valence-electron chi connectivity index (χ4n) is 1.79. The van der Waals surface area contributed by atoms with Crippen molar-refractivity contribution in [1.29, 1.82) is 0 Å². The minimum Gasteiger partial charge on any atom is -0.306 e. The molecule has 1 atom stereocenters. The van der Waals surface area contributed by atoms with Gasteiger partial charge in [0.15, 0.2) is 0 Å². The van der Waals surface area contributed by atoms with Gasteiger partial charge in [0.2, 0.25) is 0 Å². The third kappa shape index (κ3) is 13.6. The molecule has 1 heterocycles. The summed E-state index contributed by atoms with van der Waals surface area (Å²) in [5.74, 6) is 1.24. The summed E-state index contributed by atoms with van der Waals surface area (Å²) in [4.78, 5) is 12.4. The number of carbonyl (C=O) groups is 1. The zero-order valence-corrected chi connectivity index (χ0v) is 12.8. The van der Waals surface area contributed by atoms with Crippen LogP contribution in [-0.2, 0) is 4.79 Å². The highest BCUT2D eigenvalue weighted by Gasteiger charge is 2.16. The number of rotatable bonds is 5. The number of aldehydes is 1. The van der Waals surface area contributed by atoms with Gasteiger partial charge in [-0.25, -0.2) is 0 Å². The van der Waals surface area contributed by atoms with Crippen LogP contribution in [0.15, 0.2) is 0 Å². The van der Waals surface area contributed by atoms with E-state index in [0.29, 0.717) is 0 Å². The molecule has 0 bridgehead atoms. The Labute approximate surface area is 109 Å². The van der Waals surface area contributed by atoms with Crippen LogP contribution in [-0.4, -0.2) is 31.3 Å². The van der Waals surface area contributed by atoms with E-state index in [1.54, 1.807) is 0 Å². The second-order valence-corrected chi connectivity index (χ2v) is 4.94. The van der Waals surface area contributed by atoms with Crippen molar-refractivity contribution in [3.8, 4) is 0 Å². The molecule has 0 spiro atoms. The highest BCUT2D eigenvalue weighted by Crippen LogP contribution is 2.09. The van der Waals surface area contributed by atoms with E-state index in [4.69, 9.17) is 0 Å². The Kier molecular flexibility index (Phi) is 15.3. The Hall–Kier alpha value is -0.370. The molecule has 1 fully saturated rings. The smallest absolute Gasteiger partial charge is 0.122 e. The van der Waals surface area contributed by atoms with Gasteiger partial charge in [0.25, 0.3) is 0 Å². The predicted molar refractivity (Wildman–Crippen MR) is 77.4 cm³/mol. The van der Waals surface area contributed by atoms with E-state index in [1.807, 2.05) is 20.8 Å². The normalized spacial score (nSPS) is 16.8. The van der Waals surface area contributed by atoms with Crippen LogP contribution in [0.1, 0.15) is 60.3 Å². The monoisotopic (exact) mass is 243 g/mol. The van der Waals surface area contributed by atoms with Gasteiger partial charge in [-0.1, -0.05) is 53.9 Å². The summed E-state index contributed by atoms with van der Waals surface area (Å²) in [6.45, 7) is 13.0. The summed E-state index contributed by atoms with van der Waals surface area (Å²) in [6, 6.07) is 0. The lowest BCUT2D eigenvalue weighted by Crippen LogP contribution is -2.41. The molecule has 2 nitrogen and oxygen atoms in total. The fraction of sp³-hybridized carbons (Fsp3) is 0.933. The van der Waals surface area contributed by atoms with Crippen molar-refractivity contribution in [3.05, 3.63) is 0 Å². The summed E-state index contributed by atoms with van der Waals surface area (Å²) in [5, 5.41) is 0. The Morgan fingerprint density at radius 3 is 2.06 bits per heavy atom. The minimum atomic E-state index is 0.275. The van der Waals surface area contributed by atoms with Crippen LogP contribution < -0.4 is 0 Å². The number of unbranched alkanes of at least 4 members (excludes halogenated alkanes) is 2. The van der Waals surface area contributed by atoms with Crippen molar-refractivity contribution >= 4 is 6.29 Å². The van der Waals surface area contributed by atoms with Crippen molar-refractivity contribution in [2.45, 2.75) is 60.3 Å². The van der Waals surface area contributed by atoms with Gasteiger partial charge in [-0.3, -0.25) is 0 Å². The highest BCUT2D eigenvalue weighted by atomic mass is 16.1. The lowest BCUT2D eigenvalue weighted by Gasteiger charge is -2.33. The van der Waals surface area contributed by atoms with Crippen molar-refractivity contribution in [1.82, 2.24) is 4.90 Å². The molecular formula is C15H33NO. The lowest BCUT2D eigenvalue weighted by atomic mass is 10.1. The Morgan fingerprint density at radius 2 is 1.82 bits per heavy atom. The molecule has 1 aliphatic heterocycles. The van der Waals surface area contributed by atoms with Gasteiger partial charge in [-0.15, -0.1) is 0 Å². The number of nitrogens with zero attached hydrogens (tertiary/aromatic N) is 1. The van der Waals surface area contributed by atoms with E-state index in [2.05, 4.69) is 25.8 Å². The topological polar surface area (TPSA) is 20.3 Å². The van der Waals surface area contributed by atoms with Gasteiger partial charge >= 0.3 is 0 Å². The third-order valence-electron chi connectivity index (χ3n) is 2.74. The summed E-state index contributed by atoms with van der Waals surface area (Å²) >= 11 is 0.